The fraction of sp³-hybridized carbons (Fsp3) is 0.389. The molecule has 1 unspecified atom stereocenters. The molecule has 2 aromatic heterocycles. The first kappa shape index (κ1) is 18.7. The lowest BCUT2D eigenvalue weighted by atomic mass is 9.98. The van der Waals surface area contributed by atoms with E-state index >= 15 is 0 Å². The summed E-state index contributed by atoms with van der Waals surface area (Å²) in [6.07, 6.45) is 2.64. The maximum Gasteiger partial charge on any atom is 0.355 e. The molecule has 0 aliphatic carbocycles. The Morgan fingerprint density at radius 3 is 2.90 bits per heavy atom. The molecule has 0 spiro atoms. The highest BCUT2D eigenvalue weighted by molar-refractivity contribution is 5.78. The van der Waals surface area contributed by atoms with Gasteiger partial charge in [-0.05, 0) is 31.9 Å². The van der Waals surface area contributed by atoms with E-state index in [0.717, 1.165) is 0 Å². The maximum absolute atomic E-state index is 12.2. The van der Waals surface area contributed by atoms with Crippen molar-refractivity contribution in [2.75, 3.05) is 24.6 Å². The Hall–Kier alpha value is -3.63. The standard InChI is InChI=1S/C18H19N7O4/c1-2-29-18(26)12-6-5-9-23(10-12)16-15(25(27)28)17(20-11-19-16)24-14-8-4-3-7-13(14)21-22-24/h3-4,7-8,11-12H,2,5-6,9-10H2,1H3. The van der Waals surface area contributed by atoms with Gasteiger partial charge in [0.25, 0.3) is 0 Å². The van der Waals surface area contributed by atoms with Gasteiger partial charge in [-0.15, -0.1) is 5.10 Å². The van der Waals surface area contributed by atoms with Crippen molar-refractivity contribution < 1.29 is 14.5 Å². The van der Waals surface area contributed by atoms with Crippen molar-refractivity contribution in [3.63, 3.8) is 0 Å². The van der Waals surface area contributed by atoms with Gasteiger partial charge >= 0.3 is 11.7 Å². The second-order valence-corrected chi connectivity index (χ2v) is 6.65. The highest BCUT2D eigenvalue weighted by Crippen LogP contribution is 2.34. The van der Waals surface area contributed by atoms with Crippen LogP contribution in [0.15, 0.2) is 30.6 Å². The van der Waals surface area contributed by atoms with Crippen LogP contribution in [0.4, 0.5) is 11.5 Å². The van der Waals surface area contributed by atoms with Crippen LogP contribution < -0.4 is 4.90 Å². The predicted octanol–water partition coefficient (Wildman–Crippen LogP) is 1.90. The van der Waals surface area contributed by atoms with Crippen molar-refractivity contribution in [2.45, 2.75) is 19.8 Å². The van der Waals surface area contributed by atoms with E-state index in [0.29, 0.717) is 43.6 Å². The minimum Gasteiger partial charge on any atom is -0.466 e. The molecular formula is C18H19N7O4. The molecule has 0 saturated carbocycles. The number of carbonyl (C=O) groups excluding carboxylic acids is 1. The van der Waals surface area contributed by atoms with Gasteiger partial charge in [0, 0.05) is 13.1 Å². The molecule has 0 bridgehead atoms. The van der Waals surface area contributed by atoms with Gasteiger partial charge in [-0.25, -0.2) is 9.97 Å². The molecule has 1 aromatic carbocycles. The van der Waals surface area contributed by atoms with Crippen molar-refractivity contribution in [3.8, 4) is 5.82 Å². The molecule has 3 aromatic rings. The summed E-state index contributed by atoms with van der Waals surface area (Å²) in [6, 6.07) is 7.13. The van der Waals surface area contributed by atoms with Gasteiger partial charge in [-0.1, -0.05) is 17.3 Å². The number of carbonyl (C=O) groups is 1. The zero-order valence-electron chi connectivity index (χ0n) is 15.8. The van der Waals surface area contributed by atoms with Crippen molar-refractivity contribution in [1.29, 1.82) is 0 Å². The second kappa shape index (κ2) is 7.78. The molecular weight excluding hydrogens is 378 g/mol. The molecule has 0 N–H and O–H groups in total. The number of esters is 1. The average Bonchev–Trinajstić information content (AvgIpc) is 3.17. The third kappa shape index (κ3) is 3.46. The number of hydrogen-bond acceptors (Lipinski definition) is 9. The van der Waals surface area contributed by atoms with Crippen molar-refractivity contribution in [2.24, 2.45) is 5.92 Å². The number of anilines is 1. The number of aromatic nitrogens is 5. The van der Waals surface area contributed by atoms with Gasteiger partial charge in [0.15, 0.2) is 0 Å². The van der Waals surface area contributed by atoms with Gasteiger partial charge in [0.1, 0.15) is 11.8 Å². The second-order valence-electron chi connectivity index (χ2n) is 6.65. The minimum absolute atomic E-state index is 0.0342. The first-order valence-corrected chi connectivity index (χ1v) is 9.32. The fourth-order valence-corrected chi connectivity index (χ4v) is 3.56. The molecule has 1 saturated heterocycles. The summed E-state index contributed by atoms with van der Waals surface area (Å²) in [7, 11) is 0. The van der Waals surface area contributed by atoms with Crippen LogP contribution in [0.3, 0.4) is 0 Å². The summed E-state index contributed by atoms with van der Waals surface area (Å²) in [6.45, 7) is 2.90. The molecule has 11 nitrogen and oxygen atoms in total. The maximum atomic E-state index is 12.2. The molecule has 4 rings (SSSR count). The van der Waals surface area contributed by atoms with Crippen LogP contribution in [-0.2, 0) is 9.53 Å². The Morgan fingerprint density at radius 1 is 1.31 bits per heavy atom. The molecule has 1 fully saturated rings. The van der Waals surface area contributed by atoms with Gasteiger partial charge in [0.05, 0.1) is 23.0 Å². The van der Waals surface area contributed by atoms with Gasteiger partial charge in [-0.3, -0.25) is 14.9 Å². The Balaban J connectivity index is 1.76. The smallest absolute Gasteiger partial charge is 0.355 e. The first-order valence-electron chi connectivity index (χ1n) is 9.32. The molecule has 11 heteroatoms. The molecule has 3 heterocycles. The third-order valence-corrected chi connectivity index (χ3v) is 4.86. The van der Waals surface area contributed by atoms with E-state index in [4.69, 9.17) is 4.74 Å². The van der Waals surface area contributed by atoms with E-state index in [1.54, 1.807) is 30.0 Å². The molecule has 1 atom stereocenters. The SMILES string of the molecule is CCOC(=O)C1CCCN(c2ncnc(-n3nnc4ccccc43)c2[N+](=O)[O-])C1. The zero-order valence-corrected chi connectivity index (χ0v) is 15.8. The Kier molecular flexibility index (Phi) is 5.02. The van der Waals surface area contributed by atoms with E-state index in [1.165, 1.54) is 11.0 Å². The van der Waals surface area contributed by atoms with Crippen LogP contribution in [-0.4, -0.2) is 55.6 Å². The summed E-state index contributed by atoms with van der Waals surface area (Å²) in [5.41, 5.74) is 0.929. The molecule has 1 aliphatic rings. The van der Waals surface area contributed by atoms with E-state index in [1.807, 2.05) is 6.07 Å². The largest absolute Gasteiger partial charge is 0.466 e. The number of para-hydroxylation sites is 1. The van der Waals surface area contributed by atoms with Crippen molar-refractivity contribution in [1.82, 2.24) is 25.0 Å². The van der Waals surface area contributed by atoms with Crippen molar-refractivity contribution in [3.05, 3.63) is 40.7 Å². The van der Waals surface area contributed by atoms with Gasteiger partial charge < -0.3 is 9.64 Å². The Labute approximate surface area is 165 Å². The lowest BCUT2D eigenvalue weighted by Gasteiger charge is -2.32. The average molecular weight is 397 g/mol. The quantitative estimate of drug-likeness (QED) is 0.360. The Morgan fingerprint density at radius 2 is 2.10 bits per heavy atom. The summed E-state index contributed by atoms with van der Waals surface area (Å²) < 4.78 is 6.46. The van der Waals surface area contributed by atoms with E-state index in [-0.39, 0.29) is 29.2 Å². The number of fused-ring (bicyclic) bond motifs is 1. The van der Waals surface area contributed by atoms with Crippen LogP contribution >= 0.6 is 0 Å². The lowest BCUT2D eigenvalue weighted by molar-refractivity contribution is -0.384. The zero-order chi connectivity index (χ0) is 20.4. The number of ether oxygens (including phenoxy) is 1. The number of nitro groups is 1. The number of nitrogens with zero attached hydrogens (tertiary/aromatic N) is 7. The summed E-state index contributed by atoms with van der Waals surface area (Å²) in [5, 5.41) is 20.1. The molecule has 0 amide bonds. The van der Waals surface area contributed by atoms with Crippen LogP contribution in [0.1, 0.15) is 19.8 Å². The van der Waals surface area contributed by atoms with E-state index in [9.17, 15) is 14.9 Å². The lowest BCUT2D eigenvalue weighted by Crippen LogP contribution is -2.40. The number of hydrogen-bond donors (Lipinski definition) is 0. The predicted molar refractivity (Wildman–Crippen MR) is 103 cm³/mol. The molecule has 29 heavy (non-hydrogen) atoms. The summed E-state index contributed by atoms with van der Waals surface area (Å²) in [5.74, 6) is -0.453. The van der Waals surface area contributed by atoms with Crippen LogP contribution in [0, 0.1) is 16.0 Å². The van der Waals surface area contributed by atoms with E-state index in [2.05, 4.69) is 20.3 Å². The number of rotatable bonds is 5. The summed E-state index contributed by atoms with van der Waals surface area (Å²) in [4.78, 5) is 33.7. The molecule has 150 valence electrons. The number of piperidine rings is 1. The number of benzene rings is 1. The summed E-state index contributed by atoms with van der Waals surface area (Å²) >= 11 is 0. The highest BCUT2D eigenvalue weighted by Gasteiger charge is 2.34. The molecule has 0 radical (unpaired) electrons. The monoisotopic (exact) mass is 397 g/mol. The van der Waals surface area contributed by atoms with Crippen molar-refractivity contribution >= 4 is 28.5 Å². The fourth-order valence-electron chi connectivity index (χ4n) is 3.56. The minimum atomic E-state index is -0.519. The highest BCUT2D eigenvalue weighted by atomic mass is 16.6. The van der Waals surface area contributed by atoms with E-state index < -0.39 is 4.92 Å². The van der Waals surface area contributed by atoms with Crippen LogP contribution in [0.2, 0.25) is 0 Å². The van der Waals surface area contributed by atoms with Gasteiger partial charge in [-0.2, -0.15) is 4.68 Å². The van der Waals surface area contributed by atoms with Crippen LogP contribution in [0.25, 0.3) is 16.9 Å². The Bertz CT molecular complexity index is 1070. The van der Waals surface area contributed by atoms with Gasteiger partial charge in [0.2, 0.25) is 11.6 Å². The normalized spacial score (nSPS) is 16.7. The van der Waals surface area contributed by atoms with Crippen LogP contribution in [0.5, 0.6) is 0 Å². The molecule has 1 aliphatic heterocycles. The third-order valence-electron chi connectivity index (χ3n) is 4.86. The first-order chi connectivity index (χ1) is 14.1. The topological polar surface area (TPSA) is 129 Å².